The molecule has 6 nitrogen and oxygen atoms in total. The van der Waals surface area contributed by atoms with Crippen LogP contribution in [0.5, 0.6) is 0 Å². The van der Waals surface area contributed by atoms with Crippen LogP contribution in [0.25, 0.3) is 16.9 Å². The molecular weight excluding hydrogens is 414 g/mol. The van der Waals surface area contributed by atoms with Gasteiger partial charge in [0.2, 0.25) is 0 Å². The van der Waals surface area contributed by atoms with Crippen LogP contribution in [-0.4, -0.2) is 20.6 Å². The number of carbonyl (C=O) groups excluding carboxylic acids is 1. The Kier molecular flexibility index (Phi) is 5.09. The van der Waals surface area contributed by atoms with E-state index >= 15 is 0 Å². The lowest BCUT2D eigenvalue weighted by Gasteiger charge is -2.10. The number of anilines is 1. The number of halogens is 3. The van der Waals surface area contributed by atoms with Gasteiger partial charge in [-0.05, 0) is 44.2 Å². The molecule has 1 N–H and O–H groups in total. The molecule has 0 aliphatic rings. The molecule has 1 amide bonds. The highest BCUT2D eigenvalue weighted by Crippen LogP contribution is 2.34. The maximum Gasteiger partial charge on any atom is 0.261 e. The van der Waals surface area contributed by atoms with Crippen molar-refractivity contribution in [2.75, 3.05) is 5.32 Å². The molecule has 2 aromatic heterocycles. The monoisotopic (exact) mass is 428 g/mol. The van der Waals surface area contributed by atoms with Gasteiger partial charge in [0.05, 0.1) is 16.3 Å². The number of benzene rings is 2. The van der Waals surface area contributed by atoms with Crippen LogP contribution in [0, 0.1) is 25.5 Å². The molecule has 0 saturated carbocycles. The van der Waals surface area contributed by atoms with E-state index in [1.165, 1.54) is 37.3 Å². The Hall–Kier alpha value is -3.52. The predicted octanol–water partition coefficient (Wildman–Crippen LogP) is 5.33. The van der Waals surface area contributed by atoms with Crippen LogP contribution < -0.4 is 5.32 Å². The van der Waals surface area contributed by atoms with Gasteiger partial charge in [-0.1, -0.05) is 22.8 Å². The third-order valence-electron chi connectivity index (χ3n) is 4.58. The Morgan fingerprint density at radius 3 is 2.63 bits per heavy atom. The number of aromatic nitrogens is 3. The van der Waals surface area contributed by atoms with Gasteiger partial charge in [0.15, 0.2) is 0 Å². The fourth-order valence-corrected chi connectivity index (χ4v) is 3.39. The Balaban J connectivity index is 1.67. The fourth-order valence-electron chi connectivity index (χ4n) is 3.14. The zero-order chi connectivity index (χ0) is 21.4. The minimum absolute atomic E-state index is 0.0111. The Morgan fingerprint density at radius 1 is 1.17 bits per heavy atom. The average Bonchev–Trinajstić information content (AvgIpc) is 3.28. The maximum absolute atomic E-state index is 14.6. The molecule has 4 rings (SSSR count). The van der Waals surface area contributed by atoms with Crippen LogP contribution in [0.4, 0.5) is 14.5 Å². The summed E-state index contributed by atoms with van der Waals surface area (Å²) in [6.45, 7) is 3.27. The number of nitrogens with one attached hydrogen (secondary N) is 1. The van der Waals surface area contributed by atoms with E-state index in [4.69, 9.17) is 16.1 Å². The van der Waals surface area contributed by atoms with Crippen molar-refractivity contribution in [3.8, 4) is 16.9 Å². The Bertz CT molecular complexity index is 1250. The molecule has 0 spiro atoms. The van der Waals surface area contributed by atoms with Crippen molar-refractivity contribution >= 4 is 23.2 Å². The Labute approximate surface area is 175 Å². The first-order valence-corrected chi connectivity index (χ1v) is 9.26. The highest BCUT2D eigenvalue weighted by atomic mass is 35.5. The number of carbonyl (C=O) groups is 1. The molecule has 0 radical (unpaired) electrons. The summed E-state index contributed by atoms with van der Waals surface area (Å²) < 4.78 is 35.6. The van der Waals surface area contributed by atoms with E-state index in [-0.39, 0.29) is 33.3 Å². The predicted molar refractivity (Wildman–Crippen MR) is 108 cm³/mol. The number of nitrogens with zero attached hydrogens (tertiary/aromatic N) is 3. The van der Waals surface area contributed by atoms with Gasteiger partial charge in [-0.25, -0.2) is 13.8 Å². The molecule has 0 bridgehead atoms. The first-order valence-electron chi connectivity index (χ1n) is 8.88. The quantitative estimate of drug-likeness (QED) is 0.477. The largest absolute Gasteiger partial charge is 0.360 e. The van der Waals surface area contributed by atoms with Crippen LogP contribution in [0.2, 0.25) is 5.02 Å². The topological polar surface area (TPSA) is 73.0 Å². The van der Waals surface area contributed by atoms with Crippen LogP contribution in [0.1, 0.15) is 21.9 Å². The van der Waals surface area contributed by atoms with Crippen LogP contribution >= 0.6 is 11.6 Å². The molecule has 152 valence electrons. The van der Waals surface area contributed by atoms with Gasteiger partial charge in [-0.2, -0.15) is 0 Å². The van der Waals surface area contributed by atoms with Gasteiger partial charge < -0.3 is 14.4 Å². The van der Waals surface area contributed by atoms with E-state index in [9.17, 15) is 13.6 Å². The summed E-state index contributed by atoms with van der Waals surface area (Å²) in [6.07, 6.45) is 3.20. The fraction of sp³-hybridized carbons (Fsp3) is 0.0952. The van der Waals surface area contributed by atoms with Crippen molar-refractivity contribution in [3.05, 3.63) is 82.6 Å². The first-order chi connectivity index (χ1) is 14.4. The van der Waals surface area contributed by atoms with E-state index in [0.717, 1.165) is 0 Å². The lowest BCUT2D eigenvalue weighted by atomic mass is 10.0. The molecule has 9 heteroatoms. The third kappa shape index (κ3) is 3.46. The number of aryl methyl sites for hydroxylation is 2. The average molecular weight is 429 g/mol. The van der Waals surface area contributed by atoms with E-state index in [1.54, 1.807) is 30.0 Å². The van der Waals surface area contributed by atoms with E-state index in [2.05, 4.69) is 15.5 Å². The van der Waals surface area contributed by atoms with Crippen molar-refractivity contribution in [3.63, 3.8) is 0 Å². The highest BCUT2D eigenvalue weighted by Gasteiger charge is 2.25. The summed E-state index contributed by atoms with van der Waals surface area (Å²) in [5.74, 6) is -1.02. The van der Waals surface area contributed by atoms with Gasteiger partial charge in [0.1, 0.15) is 34.5 Å². The molecule has 2 heterocycles. The molecule has 30 heavy (non-hydrogen) atoms. The minimum Gasteiger partial charge on any atom is -0.360 e. The van der Waals surface area contributed by atoms with E-state index in [1.807, 2.05) is 0 Å². The van der Waals surface area contributed by atoms with Crippen molar-refractivity contribution in [2.45, 2.75) is 13.8 Å². The molecule has 4 aromatic rings. The second kappa shape index (κ2) is 7.72. The minimum atomic E-state index is -0.643. The standard InChI is InChI=1S/C21H15ClF2N4O2/c1-11-18(20(27-30-11)19-14(22)4-3-5-15(19)23)21(29)26-13-6-7-17(16(24)10-13)28-9-8-25-12(28)2/h3-10H,1-2H3,(H,26,29). The van der Waals surface area contributed by atoms with Crippen LogP contribution in [0.3, 0.4) is 0 Å². The van der Waals surface area contributed by atoms with Crippen LogP contribution in [0.15, 0.2) is 53.3 Å². The molecule has 0 aliphatic carbocycles. The summed E-state index contributed by atoms with van der Waals surface area (Å²) in [4.78, 5) is 16.9. The second-order valence-electron chi connectivity index (χ2n) is 6.52. The summed E-state index contributed by atoms with van der Waals surface area (Å²) in [5, 5.41) is 6.48. The summed E-state index contributed by atoms with van der Waals surface area (Å²) in [5.41, 5.74) is 0.447. The zero-order valence-electron chi connectivity index (χ0n) is 15.9. The first kappa shape index (κ1) is 19.8. The lowest BCUT2D eigenvalue weighted by Crippen LogP contribution is -2.14. The number of hydrogen-bond acceptors (Lipinski definition) is 4. The summed E-state index contributed by atoms with van der Waals surface area (Å²) in [6, 6.07) is 8.39. The normalized spacial score (nSPS) is 11.0. The van der Waals surface area contributed by atoms with E-state index < -0.39 is 17.5 Å². The second-order valence-corrected chi connectivity index (χ2v) is 6.93. The van der Waals surface area contributed by atoms with Crippen LogP contribution in [-0.2, 0) is 0 Å². The maximum atomic E-state index is 14.6. The third-order valence-corrected chi connectivity index (χ3v) is 4.90. The van der Waals surface area contributed by atoms with Gasteiger partial charge in [-0.3, -0.25) is 4.79 Å². The van der Waals surface area contributed by atoms with Crippen molar-refractivity contribution in [1.29, 1.82) is 0 Å². The van der Waals surface area contributed by atoms with Crippen molar-refractivity contribution < 1.29 is 18.1 Å². The molecule has 0 saturated heterocycles. The SMILES string of the molecule is Cc1onc(-c2c(F)cccc2Cl)c1C(=O)Nc1ccc(-n2ccnc2C)c(F)c1. The zero-order valence-corrected chi connectivity index (χ0v) is 16.7. The Morgan fingerprint density at radius 2 is 1.97 bits per heavy atom. The van der Waals surface area contributed by atoms with E-state index in [0.29, 0.717) is 11.5 Å². The van der Waals surface area contributed by atoms with Gasteiger partial charge in [-0.15, -0.1) is 0 Å². The molecular formula is C21H15ClF2N4O2. The summed E-state index contributed by atoms with van der Waals surface area (Å²) in [7, 11) is 0. The lowest BCUT2D eigenvalue weighted by molar-refractivity contribution is 0.102. The van der Waals surface area contributed by atoms with Gasteiger partial charge in [0.25, 0.3) is 5.91 Å². The van der Waals surface area contributed by atoms with Crippen molar-refractivity contribution in [2.24, 2.45) is 0 Å². The number of rotatable bonds is 4. The van der Waals surface area contributed by atoms with Gasteiger partial charge in [0, 0.05) is 18.1 Å². The van der Waals surface area contributed by atoms with Crippen molar-refractivity contribution in [1.82, 2.24) is 14.7 Å². The smallest absolute Gasteiger partial charge is 0.261 e. The number of imidazole rings is 1. The molecule has 0 fully saturated rings. The van der Waals surface area contributed by atoms with Gasteiger partial charge >= 0.3 is 0 Å². The molecule has 2 aromatic carbocycles. The molecule has 0 unspecified atom stereocenters. The summed E-state index contributed by atoms with van der Waals surface area (Å²) >= 11 is 6.10. The molecule has 0 aliphatic heterocycles. The highest BCUT2D eigenvalue weighted by molar-refractivity contribution is 6.33. The molecule has 0 atom stereocenters. The number of hydrogen-bond donors (Lipinski definition) is 1. The number of amides is 1.